The van der Waals surface area contributed by atoms with E-state index in [1.54, 1.807) is 0 Å². The zero-order valence-electron chi connectivity index (χ0n) is 8.75. The van der Waals surface area contributed by atoms with Crippen molar-refractivity contribution < 1.29 is 8.42 Å². The average molecular weight is 220 g/mol. The molecular weight excluding hydrogens is 200 g/mol. The van der Waals surface area contributed by atoms with Crippen LogP contribution in [0.1, 0.15) is 32.1 Å². The summed E-state index contributed by atoms with van der Waals surface area (Å²) in [6, 6.07) is 0.674. The minimum absolute atomic E-state index is 0.575. The molecule has 2 N–H and O–H groups in total. The standard InChI is InChI=1S/C9H20N2O2S/c1-14(12,13)11-8-3-2-5-9-6-4-7-10-9/h9-11H,2-8H2,1H3. The summed E-state index contributed by atoms with van der Waals surface area (Å²) in [6.07, 6.45) is 6.97. The third kappa shape index (κ3) is 5.57. The number of nitrogens with one attached hydrogen (secondary N) is 2. The Morgan fingerprint density at radius 2 is 2.21 bits per heavy atom. The number of hydrogen-bond acceptors (Lipinski definition) is 3. The van der Waals surface area contributed by atoms with Crippen LogP contribution in [0.4, 0.5) is 0 Å². The van der Waals surface area contributed by atoms with Gasteiger partial charge in [-0.2, -0.15) is 0 Å². The van der Waals surface area contributed by atoms with Crippen LogP contribution in [0, 0.1) is 0 Å². The highest BCUT2D eigenvalue weighted by Crippen LogP contribution is 2.11. The Kier molecular flexibility index (Phi) is 4.84. The monoisotopic (exact) mass is 220 g/mol. The Balaban J connectivity index is 1.94. The van der Waals surface area contributed by atoms with Gasteiger partial charge in [0, 0.05) is 12.6 Å². The van der Waals surface area contributed by atoms with Crippen LogP contribution in [0.25, 0.3) is 0 Å². The quantitative estimate of drug-likeness (QED) is 0.639. The van der Waals surface area contributed by atoms with E-state index in [0.29, 0.717) is 12.6 Å². The minimum Gasteiger partial charge on any atom is -0.314 e. The summed E-state index contributed by atoms with van der Waals surface area (Å²) in [5, 5.41) is 3.43. The van der Waals surface area contributed by atoms with Gasteiger partial charge in [-0.1, -0.05) is 6.42 Å². The summed E-state index contributed by atoms with van der Waals surface area (Å²) in [6.45, 7) is 1.72. The average Bonchev–Trinajstić information content (AvgIpc) is 2.54. The van der Waals surface area contributed by atoms with Crippen LogP contribution in [0.2, 0.25) is 0 Å². The topological polar surface area (TPSA) is 58.2 Å². The highest BCUT2D eigenvalue weighted by molar-refractivity contribution is 7.88. The number of unbranched alkanes of at least 4 members (excludes halogenated alkanes) is 1. The van der Waals surface area contributed by atoms with Gasteiger partial charge in [-0.15, -0.1) is 0 Å². The second kappa shape index (κ2) is 5.68. The highest BCUT2D eigenvalue weighted by Gasteiger charge is 2.12. The molecular formula is C9H20N2O2S. The maximum Gasteiger partial charge on any atom is 0.208 e. The zero-order chi connectivity index (χ0) is 10.4. The highest BCUT2D eigenvalue weighted by atomic mass is 32.2. The molecule has 1 heterocycles. The van der Waals surface area contributed by atoms with Gasteiger partial charge in [0.1, 0.15) is 0 Å². The molecule has 0 aliphatic carbocycles. The second-order valence-electron chi connectivity index (χ2n) is 3.96. The van der Waals surface area contributed by atoms with Gasteiger partial charge in [-0.05, 0) is 32.2 Å². The lowest BCUT2D eigenvalue weighted by molar-refractivity contribution is 0.519. The van der Waals surface area contributed by atoms with E-state index in [1.165, 1.54) is 25.5 Å². The van der Waals surface area contributed by atoms with Gasteiger partial charge in [-0.3, -0.25) is 0 Å². The van der Waals surface area contributed by atoms with E-state index in [9.17, 15) is 8.42 Å². The van der Waals surface area contributed by atoms with Gasteiger partial charge in [0.05, 0.1) is 6.26 Å². The maximum absolute atomic E-state index is 10.7. The normalized spacial score (nSPS) is 22.8. The van der Waals surface area contributed by atoms with Crippen molar-refractivity contribution in [1.29, 1.82) is 0 Å². The minimum atomic E-state index is -2.99. The molecule has 0 bridgehead atoms. The Morgan fingerprint density at radius 1 is 1.43 bits per heavy atom. The molecule has 0 saturated carbocycles. The molecule has 1 unspecified atom stereocenters. The number of sulfonamides is 1. The fourth-order valence-electron chi connectivity index (χ4n) is 1.78. The summed E-state index contributed by atoms with van der Waals surface area (Å²) in [4.78, 5) is 0. The van der Waals surface area contributed by atoms with Crippen LogP contribution in [0.3, 0.4) is 0 Å². The van der Waals surface area contributed by atoms with Crippen molar-refractivity contribution in [3.05, 3.63) is 0 Å². The molecule has 1 saturated heterocycles. The molecule has 4 nitrogen and oxygen atoms in total. The first-order valence-corrected chi connectivity index (χ1v) is 7.15. The molecule has 0 radical (unpaired) electrons. The molecule has 5 heteroatoms. The predicted molar refractivity (Wildman–Crippen MR) is 57.7 cm³/mol. The van der Waals surface area contributed by atoms with Gasteiger partial charge < -0.3 is 5.32 Å². The van der Waals surface area contributed by atoms with E-state index < -0.39 is 10.0 Å². The maximum atomic E-state index is 10.7. The smallest absolute Gasteiger partial charge is 0.208 e. The molecule has 1 rings (SSSR count). The lowest BCUT2D eigenvalue weighted by Crippen LogP contribution is -2.24. The van der Waals surface area contributed by atoms with Crippen LogP contribution in [0.5, 0.6) is 0 Å². The molecule has 0 aromatic heterocycles. The molecule has 0 spiro atoms. The fourth-order valence-corrected chi connectivity index (χ4v) is 2.29. The van der Waals surface area contributed by atoms with Crippen LogP contribution in [0.15, 0.2) is 0 Å². The zero-order valence-corrected chi connectivity index (χ0v) is 9.57. The Hall–Kier alpha value is -0.130. The van der Waals surface area contributed by atoms with Crippen LogP contribution < -0.4 is 10.0 Å². The third-order valence-corrected chi connectivity index (χ3v) is 3.23. The summed E-state index contributed by atoms with van der Waals surface area (Å²) in [7, 11) is -2.99. The Labute approximate surface area is 86.5 Å². The Bertz CT molecular complexity index is 246. The van der Waals surface area contributed by atoms with Crippen LogP contribution in [-0.2, 0) is 10.0 Å². The molecule has 0 amide bonds. The largest absolute Gasteiger partial charge is 0.314 e. The predicted octanol–water partition coefficient (Wildman–Crippen LogP) is 0.458. The van der Waals surface area contributed by atoms with E-state index in [4.69, 9.17) is 0 Å². The molecule has 84 valence electrons. The summed E-state index contributed by atoms with van der Waals surface area (Å²) < 4.78 is 24.0. The first-order valence-electron chi connectivity index (χ1n) is 5.26. The number of rotatable bonds is 6. The molecule has 0 aromatic carbocycles. The van der Waals surface area contributed by atoms with Crippen molar-refractivity contribution in [1.82, 2.24) is 10.0 Å². The van der Waals surface area contributed by atoms with E-state index in [-0.39, 0.29) is 0 Å². The molecule has 0 aromatic rings. The fraction of sp³-hybridized carbons (Fsp3) is 1.00. The van der Waals surface area contributed by atoms with Crippen LogP contribution >= 0.6 is 0 Å². The van der Waals surface area contributed by atoms with Gasteiger partial charge in [0.2, 0.25) is 10.0 Å². The van der Waals surface area contributed by atoms with Crippen molar-refractivity contribution in [3.8, 4) is 0 Å². The lowest BCUT2D eigenvalue weighted by atomic mass is 10.1. The van der Waals surface area contributed by atoms with Crippen molar-refractivity contribution >= 4 is 10.0 Å². The first kappa shape index (κ1) is 11.9. The van der Waals surface area contributed by atoms with Gasteiger partial charge in [0.15, 0.2) is 0 Å². The Morgan fingerprint density at radius 3 is 2.79 bits per heavy atom. The van der Waals surface area contributed by atoms with Crippen molar-refractivity contribution in [3.63, 3.8) is 0 Å². The molecule has 1 atom stereocenters. The van der Waals surface area contributed by atoms with Crippen molar-refractivity contribution in [2.45, 2.75) is 38.1 Å². The lowest BCUT2D eigenvalue weighted by Gasteiger charge is -2.09. The SMILES string of the molecule is CS(=O)(=O)NCCCCC1CCCN1. The van der Waals surface area contributed by atoms with Crippen molar-refractivity contribution in [2.24, 2.45) is 0 Å². The van der Waals surface area contributed by atoms with E-state index in [0.717, 1.165) is 19.4 Å². The van der Waals surface area contributed by atoms with Crippen molar-refractivity contribution in [2.75, 3.05) is 19.3 Å². The molecule has 14 heavy (non-hydrogen) atoms. The number of hydrogen-bond donors (Lipinski definition) is 2. The summed E-state index contributed by atoms with van der Waals surface area (Å²) in [5.74, 6) is 0. The third-order valence-electron chi connectivity index (χ3n) is 2.51. The molecule has 1 fully saturated rings. The van der Waals surface area contributed by atoms with E-state index >= 15 is 0 Å². The summed E-state index contributed by atoms with van der Waals surface area (Å²) >= 11 is 0. The second-order valence-corrected chi connectivity index (χ2v) is 5.79. The van der Waals surface area contributed by atoms with E-state index in [1.807, 2.05) is 0 Å². The molecule has 1 aliphatic rings. The summed E-state index contributed by atoms with van der Waals surface area (Å²) in [5.41, 5.74) is 0. The molecule has 1 aliphatic heterocycles. The van der Waals surface area contributed by atoms with Gasteiger partial charge >= 0.3 is 0 Å². The van der Waals surface area contributed by atoms with E-state index in [2.05, 4.69) is 10.0 Å². The van der Waals surface area contributed by atoms with Gasteiger partial charge in [0.25, 0.3) is 0 Å². The van der Waals surface area contributed by atoms with Gasteiger partial charge in [-0.25, -0.2) is 13.1 Å². The first-order chi connectivity index (χ1) is 6.58. The van der Waals surface area contributed by atoms with Crippen LogP contribution in [-0.4, -0.2) is 33.8 Å².